The Morgan fingerprint density at radius 1 is 1.56 bits per heavy atom. The van der Waals surface area contributed by atoms with E-state index in [0.717, 1.165) is 11.3 Å². The molecule has 1 aromatic rings. The minimum absolute atomic E-state index is 0. The van der Waals surface area contributed by atoms with Crippen molar-refractivity contribution in [2.45, 2.75) is 26.8 Å². The number of carbonyl (C=O) groups excluding carboxylic acids is 1. The molecule has 0 saturated heterocycles. The minimum Gasteiger partial charge on any atom is -0.336 e. The van der Waals surface area contributed by atoms with Gasteiger partial charge in [0.15, 0.2) is 5.69 Å². The van der Waals surface area contributed by atoms with Gasteiger partial charge >= 0.3 is 0 Å². The molecule has 0 aliphatic heterocycles. The van der Waals surface area contributed by atoms with E-state index in [2.05, 4.69) is 10.2 Å². The van der Waals surface area contributed by atoms with E-state index in [9.17, 15) is 4.79 Å². The van der Waals surface area contributed by atoms with Crippen LogP contribution >= 0.6 is 12.4 Å². The fourth-order valence-electron chi connectivity index (χ4n) is 1.22. The Bertz CT molecular complexity index is 364. The highest BCUT2D eigenvalue weighted by molar-refractivity contribution is 5.93. The van der Waals surface area contributed by atoms with Gasteiger partial charge in [0.25, 0.3) is 5.91 Å². The molecule has 16 heavy (non-hydrogen) atoms. The molecule has 1 aromatic heterocycles. The van der Waals surface area contributed by atoms with Gasteiger partial charge in [0.2, 0.25) is 0 Å². The second kappa shape index (κ2) is 5.86. The third-order valence-corrected chi connectivity index (χ3v) is 2.78. The quantitative estimate of drug-likeness (QED) is 0.831. The fourth-order valence-corrected chi connectivity index (χ4v) is 1.22. The first-order valence-corrected chi connectivity index (χ1v) is 4.97. The highest BCUT2D eigenvalue weighted by atomic mass is 35.5. The standard InChI is InChI=1S/C10H18N4O.ClH/c1-6(5-11)14(4)10(15)9-7(2)8(3)12-13-9;/h6H,5,11H2,1-4H3,(H,12,13);1H. The molecule has 0 fully saturated rings. The SMILES string of the molecule is Cc1[nH]nc(C(=O)N(C)C(C)CN)c1C.Cl. The van der Waals surface area contributed by atoms with E-state index in [1.807, 2.05) is 20.8 Å². The largest absolute Gasteiger partial charge is 0.336 e. The van der Waals surface area contributed by atoms with Crippen LogP contribution in [0.1, 0.15) is 28.7 Å². The number of hydrogen-bond acceptors (Lipinski definition) is 3. The molecule has 1 heterocycles. The number of aromatic amines is 1. The topological polar surface area (TPSA) is 75.0 Å². The molecule has 0 bridgehead atoms. The van der Waals surface area contributed by atoms with Gasteiger partial charge in [-0.05, 0) is 20.8 Å². The summed E-state index contributed by atoms with van der Waals surface area (Å²) < 4.78 is 0. The van der Waals surface area contributed by atoms with Crippen LogP contribution in [0.15, 0.2) is 0 Å². The number of halogens is 1. The van der Waals surface area contributed by atoms with Gasteiger partial charge in [-0.15, -0.1) is 12.4 Å². The Balaban J connectivity index is 0.00000225. The Hall–Kier alpha value is -1.07. The maximum absolute atomic E-state index is 12.0. The van der Waals surface area contributed by atoms with E-state index < -0.39 is 0 Å². The fraction of sp³-hybridized carbons (Fsp3) is 0.600. The molecule has 92 valence electrons. The van der Waals surface area contributed by atoms with Gasteiger partial charge in [-0.25, -0.2) is 0 Å². The number of nitrogens with one attached hydrogen (secondary N) is 1. The first-order chi connectivity index (χ1) is 6.99. The Morgan fingerprint density at radius 3 is 2.50 bits per heavy atom. The van der Waals surface area contributed by atoms with Gasteiger partial charge in [-0.2, -0.15) is 5.10 Å². The molecule has 0 aromatic carbocycles. The first kappa shape index (κ1) is 14.9. The van der Waals surface area contributed by atoms with E-state index in [1.165, 1.54) is 0 Å². The van der Waals surface area contributed by atoms with Crippen LogP contribution in [-0.2, 0) is 0 Å². The van der Waals surface area contributed by atoms with Crippen LogP contribution in [0.2, 0.25) is 0 Å². The third-order valence-electron chi connectivity index (χ3n) is 2.78. The number of amides is 1. The third kappa shape index (κ3) is 2.74. The summed E-state index contributed by atoms with van der Waals surface area (Å²) in [5.41, 5.74) is 7.81. The second-order valence-electron chi connectivity index (χ2n) is 3.82. The molecular formula is C10H19ClN4O. The molecule has 0 aliphatic carbocycles. The number of aryl methyl sites for hydroxylation is 1. The number of nitrogens with zero attached hydrogens (tertiary/aromatic N) is 2. The zero-order valence-electron chi connectivity index (χ0n) is 10.1. The number of likely N-dealkylation sites (N-methyl/N-ethyl adjacent to an activating group) is 1. The molecule has 1 unspecified atom stereocenters. The Labute approximate surface area is 102 Å². The van der Waals surface area contributed by atoms with Crippen LogP contribution in [0.4, 0.5) is 0 Å². The number of hydrogen-bond donors (Lipinski definition) is 2. The van der Waals surface area contributed by atoms with Crippen LogP contribution in [-0.4, -0.2) is 40.6 Å². The summed E-state index contributed by atoms with van der Waals surface area (Å²) in [6.45, 7) is 6.13. The van der Waals surface area contributed by atoms with Crippen molar-refractivity contribution in [2.75, 3.05) is 13.6 Å². The molecule has 0 saturated carbocycles. The predicted octanol–water partition coefficient (Wildman–Crippen LogP) is 0.868. The molecule has 0 spiro atoms. The van der Waals surface area contributed by atoms with E-state index >= 15 is 0 Å². The maximum Gasteiger partial charge on any atom is 0.274 e. The lowest BCUT2D eigenvalue weighted by Crippen LogP contribution is -2.40. The summed E-state index contributed by atoms with van der Waals surface area (Å²) in [6.07, 6.45) is 0. The van der Waals surface area contributed by atoms with Crippen molar-refractivity contribution in [2.24, 2.45) is 5.73 Å². The van der Waals surface area contributed by atoms with Gasteiger partial charge in [-0.1, -0.05) is 0 Å². The average molecular weight is 247 g/mol. The Kier molecular flexibility index (Phi) is 5.47. The maximum atomic E-state index is 12.0. The number of carbonyl (C=O) groups is 1. The van der Waals surface area contributed by atoms with Crippen LogP contribution in [0.3, 0.4) is 0 Å². The summed E-state index contributed by atoms with van der Waals surface area (Å²) in [5.74, 6) is -0.0881. The molecule has 0 radical (unpaired) electrons. The van der Waals surface area contributed by atoms with Crippen LogP contribution in [0, 0.1) is 13.8 Å². The van der Waals surface area contributed by atoms with E-state index in [0.29, 0.717) is 12.2 Å². The summed E-state index contributed by atoms with van der Waals surface area (Å²) in [4.78, 5) is 13.6. The predicted molar refractivity (Wildman–Crippen MR) is 65.9 cm³/mol. The minimum atomic E-state index is -0.0881. The van der Waals surface area contributed by atoms with Crippen molar-refractivity contribution < 1.29 is 4.79 Å². The number of nitrogens with two attached hydrogens (primary N) is 1. The summed E-state index contributed by atoms with van der Waals surface area (Å²) in [7, 11) is 1.74. The van der Waals surface area contributed by atoms with Crippen LogP contribution in [0.5, 0.6) is 0 Å². The van der Waals surface area contributed by atoms with Gasteiger partial charge in [0.05, 0.1) is 0 Å². The first-order valence-electron chi connectivity index (χ1n) is 4.97. The van der Waals surface area contributed by atoms with Gasteiger partial charge < -0.3 is 10.6 Å². The number of rotatable bonds is 3. The lowest BCUT2D eigenvalue weighted by atomic mass is 10.2. The normalized spacial score (nSPS) is 11.8. The summed E-state index contributed by atoms with van der Waals surface area (Å²) in [6, 6.07) is 0.0221. The summed E-state index contributed by atoms with van der Waals surface area (Å²) >= 11 is 0. The molecule has 1 rings (SSSR count). The van der Waals surface area contributed by atoms with Gasteiger partial charge in [0, 0.05) is 30.9 Å². The summed E-state index contributed by atoms with van der Waals surface area (Å²) in [5, 5.41) is 6.80. The molecule has 3 N–H and O–H groups in total. The van der Waals surface area contributed by atoms with Crippen molar-refractivity contribution in [3.63, 3.8) is 0 Å². The molecule has 0 aliphatic rings. The van der Waals surface area contributed by atoms with Crippen molar-refractivity contribution in [3.8, 4) is 0 Å². The number of H-pyrrole nitrogens is 1. The van der Waals surface area contributed by atoms with Gasteiger partial charge in [0.1, 0.15) is 0 Å². The van der Waals surface area contributed by atoms with Crippen LogP contribution in [0.25, 0.3) is 0 Å². The smallest absolute Gasteiger partial charge is 0.274 e. The Morgan fingerprint density at radius 2 is 2.12 bits per heavy atom. The van der Waals surface area contributed by atoms with Crippen LogP contribution < -0.4 is 5.73 Å². The lowest BCUT2D eigenvalue weighted by molar-refractivity contribution is 0.0741. The zero-order valence-corrected chi connectivity index (χ0v) is 10.9. The second-order valence-corrected chi connectivity index (χ2v) is 3.82. The van der Waals surface area contributed by atoms with E-state index in [1.54, 1.807) is 11.9 Å². The molecule has 5 nitrogen and oxygen atoms in total. The molecule has 1 amide bonds. The van der Waals surface area contributed by atoms with Crippen molar-refractivity contribution >= 4 is 18.3 Å². The van der Waals surface area contributed by atoms with E-state index in [4.69, 9.17) is 5.73 Å². The van der Waals surface area contributed by atoms with E-state index in [-0.39, 0.29) is 24.4 Å². The molecule has 1 atom stereocenters. The van der Waals surface area contributed by atoms with Gasteiger partial charge in [-0.3, -0.25) is 9.89 Å². The average Bonchev–Trinajstić information content (AvgIpc) is 2.56. The monoisotopic (exact) mass is 246 g/mol. The molecular weight excluding hydrogens is 228 g/mol. The van der Waals surface area contributed by atoms with Crippen molar-refractivity contribution in [1.82, 2.24) is 15.1 Å². The lowest BCUT2D eigenvalue weighted by Gasteiger charge is -2.22. The molecule has 6 heteroatoms. The number of aromatic nitrogens is 2. The highest BCUT2D eigenvalue weighted by Crippen LogP contribution is 2.11. The van der Waals surface area contributed by atoms with Crippen molar-refractivity contribution in [3.05, 3.63) is 17.0 Å². The zero-order chi connectivity index (χ0) is 11.6. The highest BCUT2D eigenvalue weighted by Gasteiger charge is 2.21. The van der Waals surface area contributed by atoms with Crippen molar-refractivity contribution in [1.29, 1.82) is 0 Å².